The maximum Gasteiger partial charge on any atom is 0.296 e. The van der Waals surface area contributed by atoms with E-state index in [0.29, 0.717) is 74.6 Å². The van der Waals surface area contributed by atoms with Crippen molar-refractivity contribution in [2.24, 2.45) is 5.92 Å². The molecule has 4 heterocycles. The summed E-state index contributed by atoms with van der Waals surface area (Å²) in [5.41, 5.74) is 1.04. The number of carbonyl (C=O) groups is 1. The maximum atomic E-state index is 14.1. The second kappa shape index (κ2) is 11.6. The quantitative estimate of drug-likeness (QED) is 0.477. The third-order valence-electron chi connectivity index (χ3n) is 6.92. The number of para-hydroxylation sites is 2. The number of carbonyl (C=O) groups excluding carboxylic acids is 1. The van der Waals surface area contributed by atoms with Crippen molar-refractivity contribution in [1.29, 1.82) is 0 Å². The summed E-state index contributed by atoms with van der Waals surface area (Å²) in [6.07, 6.45) is -0.853. The van der Waals surface area contributed by atoms with E-state index in [-0.39, 0.29) is 17.6 Å². The van der Waals surface area contributed by atoms with E-state index >= 15 is 0 Å². The van der Waals surface area contributed by atoms with Gasteiger partial charge in [0.2, 0.25) is 11.9 Å². The average Bonchev–Trinajstić information content (AvgIpc) is 3.32. The summed E-state index contributed by atoms with van der Waals surface area (Å²) >= 11 is 0. The Bertz CT molecular complexity index is 1260. The lowest BCUT2D eigenvalue weighted by molar-refractivity contribution is -0.133. The molecule has 2 aliphatic heterocycles. The fraction of sp³-hybridized carbons (Fsp3) is 0.538. The molecule has 0 radical (unpaired) electrons. The normalized spacial score (nSPS) is 18.5. The van der Waals surface area contributed by atoms with Crippen molar-refractivity contribution in [3.63, 3.8) is 0 Å². The van der Waals surface area contributed by atoms with Crippen LogP contribution in [0.4, 0.5) is 20.5 Å². The van der Waals surface area contributed by atoms with Gasteiger partial charge >= 0.3 is 0 Å². The Hall–Kier alpha value is -3.38. The van der Waals surface area contributed by atoms with Gasteiger partial charge in [-0.25, -0.2) is 13.8 Å². The van der Waals surface area contributed by atoms with Gasteiger partial charge in [-0.15, -0.1) is 0 Å². The second-order valence-electron chi connectivity index (χ2n) is 10.1. The average molecular weight is 529 g/mol. The Morgan fingerprint density at radius 2 is 1.89 bits per heavy atom. The molecule has 1 amide bonds. The van der Waals surface area contributed by atoms with Crippen LogP contribution in [0.3, 0.4) is 0 Å². The monoisotopic (exact) mass is 528 g/mol. The number of fused-ring (bicyclic) bond motifs is 1. The number of hydrogen-bond acceptors (Lipinski definition) is 8. The van der Waals surface area contributed by atoms with Crippen LogP contribution in [0.5, 0.6) is 0 Å². The molecule has 2 saturated heterocycles. The van der Waals surface area contributed by atoms with Crippen LogP contribution in [0, 0.1) is 5.92 Å². The van der Waals surface area contributed by atoms with Gasteiger partial charge in [0.15, 0.2) is 5.82 Å². The molecule has 10 nitrogen and oxygen atoms in total. The summed E-state index contributed by atoms with van der Waals surface area (Å²) in [5.74, 6) is 1.34. The van der Waals surface area contributed by atoms with Gasteiger partial charge in [-0.1, -0.05) is 12.1 Å². The first-order chi connectivity index (χ1) is 18.4. The Morgan fingerprint density at radius 1 is 1.13 bits per heavy atom. The molecule has 0 unspecified atom stereocenters. The zero-order valence-electron chi connectivity index (χ0n) is 21.8. The number of halogens is 2. The molecule has 2 aromatic heterocycles. The molecule has 0 saturated carbocycles. The van der Waals surface area contributed by atoms with Crippen molar-refractivity contribution in [2.75, 3.05) is 76.8 Å². The molecule has 0 aliphatic carbocycles. The lowest BCUT2D eigenvalue weighted by atomic mass is 9.98. The Kier molecular flexibility index (Phi) is 7.98. The number of aromatic nitrogens is 4. The number of likely N-dealkylation sites (tertiary alicyclic amines) is 1. The van der Waals surface area contributed by atoms with E-state index in [1.807, 2.05) is 23.9 Å². The van der Waals surface area contributed by atoms with Crippen LogP contribution in [0.15, 0.2) is 30.3 Å². The SMILES string of the molecule is CN(C)CC(=O)N1CCC[C@H](CNc2nc(N3CCOCC3)cc(-n3c(C(F)F)nc4ccccc43)n2)C1. The summed E-state index contributed by atoms with van der Waals surface area (Å²) in [6, 6.07) is 8.79. The Balaban J connectivity index is 1.43. The number of nitrogens with one attached hydrogen (secondary N) is 1. The lowest BCUT2D eigenvalue weighted by Crippen LogP contribution is -2.45. The van der Waals surface area contributed by atoms with Gasteiger partial charge in [-0.05, 0) is 45.0 Å². The van der Waals surface area contributed by atoms with E-state index in [4.69, 9.17) is 9.72 Å². The van der Waals surface area contributed by atoms with Crippen molar-refractivity contribution in [2.45, 2.75) is 19.3 Å². The largest absolute Gasteiger partial charge is 0.378 e. The highest BCUT2D eigenvalue weighted by atomic mass is 19.3. The number of amides is 1. The van der Waals surface area contributed by atoms with Gasteiger partial charge in [-0.2, -0.15) is 9.97 Å². The van der Waals surface area contributed by atoms with E-state index in [9.17, 15) is 13.6 Å². The van der Waals surface area contributed by atoms with Gasteiger partial charge in [0.05, 0.1) is 30.8 Å². The van der Waals surface area contributed by atoms with Crippen molar-refractivity contribution >= 4 is 28.7 Å². The van der Waals surface area contributed by atoms with Crippen LogP contribution in [0.2, 0.25) is 0 Å². The molecule has 1 aromatic carbocycles. The standard InChI is InChI=1S/C26H34F2N8O2/c1-33(2)17-23(37)35-9-5-6-18(16-35)15-29-26-31-21(34-10-12-38-13-11-34)14-22(32-26)36-20-8-4-3-7-19(20)30-25(36)24(27)28/h3-4,7-8,14,18,24H,5-6,9-13,15-17H2,1-2H3,(H,29,31,32)/t18-/m1/s1. The highest BCUT2D eigenvalue weighted by Crippen LogP contribution is 2.29. The van der Waals surface area contributed by atoms with E-state index < -0.39 is 6.43 Å². The number of piperidine rings is 1. The zero-order chi connectivity index (χ0) is 26.6. The lowest BCUT2D eigenvalue weighted by Gasteiger charge is -2.33. The molecule has 2 aliphatic rings. The molecule has 1 atom stereocenters. The number of nitrogens with zero attached hydrogens (tertiary/aromatic N) is 7. The number of rotatable bonds is 8. The molecule has 204 valence electrons. The number of ether oxygens (including phenoxy) is 1. The van der Waals surface area contributed by atoms with E-state index in [0.717, 1.165) is 19.4 Å². The van der Waals surface area contributed by atoms with Crippen LogP contribution in [-0.2, 0) is 9.53 Å². The fourth-order valence-corrected chi connectivity index (χ4v) is 5.07. The van der Waals surface area contributed by atoms with Gasteiger partial charge in [0, 0.05) is 38.8 Å². The third kappa shape index (κ3) is 5.86. The number of morpholine rings is 1. The van der Waals surface area contributed by atoms with E-state index in [1.54, 1.807) is 30.3 Å². The van der Waals surface area contributed by atoms with Crippen LogP contribution in [-0.4, -0.2) is 102 Å². The van der Waals surface area contributed by atoms with Gasteiger partial charge < -0.3 is 24.8 Å². The van der Waals surface area contributed by atoms with Crippen LogP contribution in [0.25, 0.3) is 16.9 Å². The number of likely N-dealkylation sites (N-methyl/N-ethyl adjacent to an activating group) is 1. The summed E-state index contributed by atoms with van der Waals surface area (Å²) in [7, 11) is 3.78. The molecule has 2 fully saturated rings. The highest BCUT2D eigenvalue weighted by molar-refractivity contribution is 5.79. The molecule has 38 heavy (non-hydrogen) atoms. The molecule has 3 aromatic rings. The second-order valence-corrected chi connectivity index (χ2v) is 10.1. The molecular weight excluding hydrogens is 494 g/mol. The predicted molar refractivity (Wildman–Crippen MR) is 141 cm³/mol. The topological polar surface area (TPSA) is 91.7 Å². The van der Waals surface area contributed by atoms with E-state index in [1.165, 1.54) is 4.57 Å². The Morgan fingerprint density at radius 3 is 2.66 bits per heavy atom. The first-order valence-corrected chi connectivity index (χ1v) is 13.0. The van der Waals surface area contributed by atoms with E-state index in [2.05, 4.69) is 20.2 Å². The van der Waals surface area contributed by atoms with Gasteiger partial charge in [0.25, 0.3) is 6.43 Å². The predicted octanol–water partition coefficient (Wildman–Crippen LogP) is 2.80. The summed E-state index contributed by atoms with van der Waals surface area (Å²) in [4.78, 5) is 32.0. The number of hydrogen-bond donors (Lipinski definition) is 1. The molecule has 1 N–H and O–H groups in total. The molecular formula is C26H34F2N8O2. The fourth-order valence-electron chi connectivity index (χ4n) is 5.07. The maximum absolute atomic E-state index is 14.1. The first-order valence-electron chi connectivity index (χ1n) is 13.0. The van der Waals surface area contributed by atoms with Crippen molar-refractivity contribution in [3.05, 3.63) is 36.2 Å². The van der Waals surface area contributed by atoms with Crippen LogP contribution < -0.4 is 10.2 Å². The van der Waals surface area contributed by atoms with Crippen molar-refractivity contribution in [1.82, 2.24) is 29.3 Å². The van der Waals surface area contributed by atoms with Gasteiger partial charge in [0.1, 0.15) is 11.6 Å². The summed E-state index contributed by atoms with van der Waals surface area (Å²) < 4.78 is 35.1. The number of benzene rings is 1. The molecule has 0 bridgehead atoms. The molecule has 12 heteroatoms. The zero-order valence-corrected chi connectivity index (χ0v) is 21.8. The van der Waals surface area contributed by atoms with Gasteiger partial charge in [-0.3, -0.25) is 9.36 Å². The first kappa shape index (κ1) is 26.2. The number of imidazole rings is 1. The molecule has 0 spiro atoms. The number of anilines is 2. The van der Waals surface area contributed by atoms with Crippen LogP contribution >= 0.6 is 0 Å². The minimum absolute atomic E-state index is 0.124. The van der Waals surface area contributed by atoms with Crippen LogP contribution in [0.1, 0.15) is 25.1 Å². The summed E-state index contributed by atoms with van der Waals surface area (Å²) in [6.45, 7) is 4.82. The Labute approximate surface area is 220 Å². The molecule has 5 rings (SSSR count). The summed E-state index contributed by atoms with van der Waals surface area (Å²) in [5, 5.41) is 3.34. The minimum Gasteiger partial charge on any atom is -0.378 e. The third-order valence-corrected chi connectivity index (χ3v) is 6.92. The minimum atomic E-state index is -2.77. The van der Waals surface area contributed by atoms with Crippen molar-refractivity contribution in [3.8, 4) is 5.82 Å². The highest BCUT2D eigenvalue weighted by Gasteiger charge is 2.26. The smallest absolute Gasteiger partial charge is 0.296 e. The van der Waals surface area contributed by atoms with Crippen molar-refractivity contribution < 1.29 is 18.3 Å². The number of alkyl halides is 2.